The highest BCUT2D eigenvalue weighted by Crippen LogP contribution is 2.25. The number of hydrogen-bond acceptors (Lipinski definition) is 5. The summed E-state index contributed by atoms with van der Waals surface area (Å²) in [5, 5.41) is 1.81. The Kier molecular flexibility index (Phi) is 6.02. The molecule has 1 saturated heterocycles. The summed E-state index contributed by atoms with van der Waals surface area (Å²) >= 11 is 0. The normalized spacial score (nSPS) is 16.4. The maximum atomic E-state index is 13.1. The number of nitrogens with zero attached hydrogens (tertiary/aromatic N) is 2. The molecule has 9 heteroatoms. The van der Waals surface area contributed by atoms with Crippen LogP contribution in [0.25, 0.3) is 10.8 Å². The first-order valence-electron chi connectivity index (χ1n) is 10.0. The first-order chi connectivity index (χ1) is 14.8. The van der Waals surface area contributed by atoms with Crippen LogP contribution in [0.1, 0.15) is 6.92 Å². The summed E-state index contributed by atoms with van der Waals surface area (Å²) in [6, 6.07) is 18.9. The Morgan fingerprint density at radius 1 is 0.710 bits per heavy atom. The zero-order valence-electron chi connectivity index (χ0n) is 17.1. The predicted molar refractivity (Wildman–Crippen MR) is 119 cm³/mol. The summed E-state index contributed by atoms with van der Waals surface area (Å²) in [4.78, 5) is 0.385. The molecule has 0 amide bonds. The number of sulfonamides is 2. The number of hydrogen-bond donors (Lipinski definition) is 0. The van der Waals surface area contributed by atoms with Crippen LogP contribution in [0.4, 0.5) is 0 Å². The van der Waals surface area contributed by atoms with Crippen molar-refractivity contribution >= 4 is 30.8 Å². The predicted octanol–water partition coefficient (Wildman–Crippen LogP) is 2.93. The molecule has 0 N–H and O–H groups in total. The lowest BCUT2D eigenvalue weighted by molar-refractivity contribution is 0.273. The Balaban J connectivity index is 1.49. The van der Waals surface area contributed by atoms with E-state index in [-0.39, 0.29) is 36.0 Å². The molecule has 31 heavy (non-hydrogen) atoms. The highest BCUT2D eigenvalue weighted by molar-refractivity contribution is 7.89. The first-order valence-corrected chi connectivity index (χ1v) is 12.9. The molecule has 7 nitrogen and oxygen atoms in total. The monoisotopic (exact) mass is 460 g/mol. The molecule has 164 valence electrons. The van der Waals surface area contributed by atoms with Crippen molar-refractivity contribution in [3.63, 3.8) is 0 Å². The van der Waals surface area contributed by atoms with E-state index < -0.39 is 20.0 Å². The Morgan fingerprint density at radius 3 is 1.81 bits per heavy atom. The number of fused-ring (bicyclic) bond motifs is 1. The van der Waals surface area contributed by atoms with E-state index in [9.17, 15) is 16.8 Å². The standard InChI is InChI=1S/C22H24N2O5S2/c1-2-29-20-8-11-21(12-9-20)30(25,26)23-13-15-24(16-14-23)31(27,28)22-10-7-18-5-3-4-6-19(18)17-22/h3-12,17H,2,13-16H2,1H3. The van der Waals surface area contributed by atoms with E-state index >= 15 is 0 Å². The van der Waals surface area contributed by atoms with Crippen LogP contribution in [0, 0.1) is 0 Å². The van der Waals surface area contributed by atoms with Gasteiger partial charge in [-0.2, -0.15) is 8.61 Å². The molecule has 0 aliphatic carbocycles. The Bertz CT molecular complexity index is 1280. The fourth-order valence-electron chi connectivity index (χ4n) is 3.65. The summed E-state index contributed by atoms with van der Waals surface area (Å²) in [6.45, 7) is 2.76. The Morgan fingerprint density at radius 2 is 1.23 bits per heavy atom. The van der Waals surface area contributed by atoms with Gasteiger partial charge in [0.15, 0.2) is 0 Å². The third kappa shape index (κ3) is 4.31. The summed E-state index contributed by atoms with van der Waals surface area (Å²) < 4.78 is 60.1. The zero-order valence-corrected chi connectivity index (χ0v) is 18.8. The van der Waals surface area contributed by atoms with Gasteiger partial charge in [0.25, 0.3) is 0 Å². The van der Waals surface area contributed by atoms with E-state index in [1.54, 1.807) is 30.3 Å². The molecule has 0 saturated carbocycles. The van der Waals surface area contributed by atoms with Gasteiger partial charge in [-0.3, -0.25) is 0 Å². The molecule has 1 aliphatic heterocycles. The van der Waals surface area contributed by atoms with Gasteiger partial charge in [-0.15, -0.1) is 0 Å². The van der Waals surface area contributed by atoms with Crippen molar-refractivity contribution in [2.75, 3.05) is 32.8 Å². The summed E-state index contributed by atoms with van der Waals surface area (Å²) in [6.07, 6.45) is 0. The van der Waals surface area contributed by atoms with Crippen LogP contribution in [0.15, 0.2) is 76.5 Å². The van der Waals surface area contributed by atoms with E-state index in [1.807, 2.05) is 31.2 Å². The molecule has 0 bridgehead atoms. The topological polar surface area (TPSA) is 84.0 Å². The minimum atomic E-state index is -3.70. The molecule has 3 aromatic rings. The van der Waals surface area contributed by atoms with Crippen LogP contribution in [0.3, 0.4) is 0 Å². The molecule has 1 heterocycles. The van der Waals surface area contributed by atoms with Crippen molar-refractivity contribution in [2.45, 2.75) is 16.7 Å². The SMILES string of the molecule is CCOc1ccc(S(=O)(=O)N2CCN(S(=O)(=O)c3ccc4ccccc4c3)CC2)cc1. The fraction of sp³-hybridized carbons (Fsp3) is 0.273. The highest BCUT2D eigenvalue weighted by atomic mass is 32.2. The van der Waals surface area contributed by atoms with Gasteiger partial charge in [0.1, 0.15) is 5.75 Å². The molecule has 1 fully saturated rings. The summed E-state index contributed by atoms with van der Waals surface area (Å²) in [5.41, 5.74) is 0. The molecule has 0 radical (unpaired) electrons. The van der Waals surface area contributed by atoms with Gasteiger partial charge in [-0.1, -0.05) is 30.3 Å². The van der Waals surface area contributed by atoms with E-state index in [0.717, 1.165) is 10.8 Å². The second-order valence-corrected chi connectivity index (χ2v) is 11.1. The van der Waals surface area contributed by atoms with Gasteiger partial charge in [-0.25, -0.2) is 16.8 Å². The maximum absolute atomic E-state index is 13.1. The minimum absolute atomic E-state index is 0.0996. The fourth-order valence-corrected chi connectivity index (χ4v) is 6.53. The molecule has 1 aliphatic rings. The smallest absolute Gasteiger partial charge is 0.243 e. The first kappa shape index (κ1) is 21.8. The third-order valence-corrected chi connectivity index (χ3v) is 9.14. The third-order valence-electron chi connectivity index (χ3n) is 5.33. The van der Waals surface area contributed by atoms with Crippen LogP contribution in [-0.4, -0.2) is 58.2 Å². The molecule has 0 unspecified atom stereocenters. The van der Waals surface area contributed by atoms with Crippen molar-refractivity contribution in [3.05, 3.63) is 66.7 Å². The van der Waals surface area contributed by atoms with Crippen LogP contribution in [0.5, 0.6) is 5.75 Å². The van der Waals surface area contributed by atoms with Gasteiger partial charge in [-0.05, 0) is 54.1 Å². The number of benzene rings is 3. The van der Waals surface area contributed by atoms with Crippen LogP contribution < -0.4 is 4.74 Å². The summed E-state index contributed by atoms with van der Waals surface area (Å²) in [5.74, 6) is 0.604. The second kappa shape index (κ2) is 8.58. The van der Waals surface area contributed by atoms with Crippen molar-refractivity contribution in [3.8, 4) is 5.75 Å². The van der Waals surface area contributed by atoms with Gasteiger partial charge in [0, 0.05) is 26.2 Å². The quantitative estimate of drug-likeness (QED) is 0.565. The lowest BCUT2D eigenvalue weighted by Crippen LogP contribution is -2.50. The average molecular weight is 461 g/mol. The van der Waals surface area contributed by atoms with Crippen LogP contribution >= 0.6 is 0 Å². The molecule has 4 rings (SSSR count). The zero-order chi connectivity index (χ0) is 22.1. The number of ether oxygens (including phenoxy) is 1. The van der Waals surface area contributed by atoms with Gasteiger partial charge >= 0.3 is 0 Å². The molecule has 0 atom stereocenters. The number of rotatable bonds is 6. The van der Waals surface area contributed by atoms with Gasteiger partial charge < -0.3 is 4.74 Å². The van der Waals surface area contributed by atoms with Crippen LogP contribution in [0.2, 0.25) is 0 Å². The van der Waals surface area contributed by atoms with Crippen molar-refractivity contribution in [1.29, 1.82) is 0 Å². The molecular formula is C22H24N2O5S2. The van der Waals surface area contributed by atoms with E-state index in [2.05, 4.69) is 0 Å². The van der Waals surface area contributed by atoms with Gasteiger partial charge in [0.2, 0.25) is 20.0 Å². The Labute approximate surface area is 183 Å². The van der Waals surface area contributed by atoms with Crippen molar-refractivity contribution in [1.82, 2.24) is 8.61 Å². The molecule has 3 aromatic carbocycles. The average Bonchev–Trinajstić information content (AvgIpc) is 2.79. The highest BCUT2D eigenvalue weighted by Gasteiger charge is 2.33. The van der Waals surface area contributed by atoms with Crippen molar-refractivity contribution in [2.24, 2.45) is 0 Å². The minimum Gasteiger partial charge on any atom is -0.494 e. The maximum Gasteiger partial charge on any atom is 0.243 e. The van der Waals surface area contributed by atoms with Gasteiger partial charge in [0.05, 0.1) is 16.4 Å². The molecule has 0 aromatic heterocycles. The molecule has 0 spiro atoms. The van der Waals surface area contributed by atoms with E-state index in [1.165, 1.54) is 20.7 Å². The van der Waals surface area contributed by atoms with Crippen LogP contribution in [-0.2, 0) is 20.0 Å². The lowest BCUT2D eigenvalue weighted by atomic mass is 10.1. The van der Waals surface area contributed by atoms with E-state index in [4.69, 9.17) is 4.74 Å². The number of piperazine rings is 1. The second-order valence-electron chi connectivity index (χ2n) is 7.22. The Hall–Kier alpha value is -2.46. The van der Waals surface area contributed by atoms with Crippen molar-refractivity contribution < 1.29 is 21.6 Å². The summed E-state index contributed by atoms with van der Waals surface area (Å²) in [7, 11) is -7.40. The van der Waals surface area contributed by atoms with E-state index in [0.29, 0.717) is 12.4 Å². The lowest BCUT2D eigenvalue weighted by Gasteiger charge is -2.33. The largest absolute Gasteiger partial charge is 0.494 e. The molecular weight excluding hydrogens is 436 g/mol.